The normalized spacial score (nSPS) is 11.7. The molecule has 0 aliphatic carbocycles. The fraction of sp³-hybridized carbons (Fsp3) is 0.273. The zero-order valence-electron chi connectivity index (χ0n) is 16.9. The fourth-order valence-electron chi connectivity index (χ4n) is 3.16. The monoisotopic (exact) mass is 394 g/mol. The molecular formula is C22H26N4O3. The molecule has 0 aliphatic rings. The molecular weight excluding hydrogens is 368 g/mol. The lowest BCUT2D eigenvalue weighted by Crippen LogP contribution is -2.39. The minimum absolute atomic E-state index is 0.284. The van der Waals surface area contributed by atoms with Crippen LogP contribution in [0, 0.1) is 0 Å². The van der Waals surface area contributed by atoms with Gasteiger partial charge in [-0.1, -0.05) is 36.4 Å². The van der Waals surface area contributed by atoms with Crippen LogP contribution in [0.15, 0.2) is 60.9 Å². The lowest BCUT2D eigenvalue weighted by atomic mass is 10.1. The highest BCUT2D eigenvalue weighted by Crippen LogP contribution is 2.24. The largest absolute Gasteiger partial charge is 0.497 e. The van der Waals surface area contributed by atoms with Crippen molar-refractivity contribution in [2.75, 3.05) is 14.2 Å². The van der Waals surface area contributed by atoms with E-state index in [4.69, 9.17) is 9.47 Å². The fourth-order valence-corrected chi connectivity index (χ4v) is 3.16. The molecule has 0 aliphatic heterocycles. The number of imidazole rings is 1. The molecule has 3 aromatic rings. The molecule has 7 nitrogen and oxygen atoms in total. The van der Waals surface area contributed by atoms with Gasteiger partial charge < -0.3 is 24.7 Å². The Morgan fingerprint density at radius 2 is 1.93 bits per heavy atom. The van der Waals surface area contributed by atoms with Gasteiger partial charge in [0.25, 0.3) is 0 Å². The molecule has 1 atom stereocenters. The van der Waals surface area contributed by atoms with Crippen molar-refractivity contribution in [1.29, 1.82) is 0 Å². The Labute approximate surface area is 170 Å². The van der Waals surface area contributed by atoms with Crippen LogP contribution in [0.2, 0.25) is 0 Å². The number of hydrogen-bond acceptors (Lipinski definition) is 4. The van der Waals surface area contributed by atoms with Crippen molar-refractivity contribution in [2.24, 2.45) is 7.05 Å². The van der Waals surface area contributed by atoms with Gasteiger partial charge in [0.2, 0.25) is 0 Å². The number of nitrogens with zero attached hydrogens (tertiary/aromatic N) is 2. The third-order valence-electron chi connectivity index (χ3n) is 4.68. The van der Waals surface area contributed by atoms with Crippen molar-refractivity contribution < 1.29 is 14.3 Å². The van der Waals surface area contributed by atoms with Gasteiger partial charge in [-0.25, -0.2) is 9.78 Å². The van der Waals surface area contributed by atoms with Crippen molar-refractivity contribution in [1.82, 2.24) is 20.2 Å². The third-order valence-corrected chi connectivity index (χ3v) is 4.68. The van der Waals surface area contributed by atoms with E-state index in [-0.39, 0.29) is 6.03 Å². The number of amides is 2. The van der Waals surface area contributed by atoms with Gasteiger partial charge in [0, 0.05) is 33.1 Å². The van der Waals surface area contributed by atoms with Gasteiger partial charge in [-0.05, 0) is 28.8 Å². The van der Waals surface area contributed by atoms with Gasteiger partial charge in [-0.15, -0.1) is 0 Å². The lowest BCUT2D eigenvalue weighted by molar-refractivity contribution is 0.184. The second kappa shape index (κ2) is 9.75. The number of rotatable bonds is 8. The predicted molar refractivity (Wildman–Crippen MR) is 111 cm³/mol. The number of methoxy groups -OCH3 is 2. The van der Waals surface area contributed by atoms with E-state index in [2.05, 4.69) is 15.6 Å². The van der Waals surface area contributed by atoms with Crippen LogP contribution >= 0.6 is 0 Å². The van der Waals surface area contributed by atoms with E-state index in [0.29, 0.717) is 13.2 Å². The van der Waals surface area contributed by atoms with Crippen LogP contribution in [0.1, 0.15) is 28.6 Å². The number of aryl methyl sites for hydroxylation is 1. The maximum absolute atomic E-state index is 12.7. The number of carbonyl (C=O) groups is 1. The van der Waals surface area contributed by atoms with Crippen molar-refractivity contribution in [2.45, 2.75) is 19.2 Å². The molecule has 0 spiro atoms. The highest BCUT2D eigenvalue weighted by Gasteiger charge is 2.21. The van der Waals surface area contributed by atoms with E-state index >= 15 is 0 Å². The summed E-state index contributed by atoms with van der Waals surface area (Å²) in [5.74, 6) is 1.45. The topological polar surface area (TPSA) is 77.4 Å². The van der Waals surface area contributed by atoms with Gasteiger partial charge in [0.1, 0.15) is 17.6 Å². The molecule has 1 aromatic heterocycles. The van der Waals surface area contributed by atoms with E-state index in [1.54, 1.807) is 20.4 Å². The molecule has 7 heteroatoms. The highest BCUT2D eigenvalue weighted by atomic mass is 16.5. The molecule has 152 valence electrons. The summed E-state index contributed by atoms with van der Waals surface area (Å²) < 4.78 is 12.4. The summed E-state index contributed by atoms with van der Waals surface area (Å²) in [5.41, 5.74) is 2.94. The minimum Gasteiger partial charge on any atom is -0.497 e. The lowest BCUT2D eigenvalue weighted by Gasteiger charge is -2.20. The van der Waals surface area contributed by atoms with E-state index in [0.717, 1.165) is 28.3 Å². The van der Waals surface area contributed by atoms with Crippen LogP contribution in [0.25, 0.3) is 0 Å². The maximum Gasteiger partial charge on any atom is 0.315 e. The minimum atomic E-state index is -0.417. The van der Waals surface area contributed by atoms with E-state index in [9.17, 15) is 4.79 Å². The quantitative estimate of drug-likeness (QED) is 0.615. The summed E-state index contributed by atoms with van der Waals surface area (Å²) in [7, 11) is 5.17. The van der Waals surface area contributed by atoms with Gasteiger partial charge in [-0.2, -0.15) is 0 Å². The SMILES string of the molecule is COCc1ccccc1CNC(=O)NC(c1cccc(OC)c1)c1nccn1C. The number of urea groups is 1. The smallest absolute Gasteiger partial charge is 0.315 e. The van der Waals surface area contributed by atoms with Crippen LogP contribution in [0.3, 0.4) is 0 Å². The molecule has 1 heterocycles. The summed E-state index contributed by atoms with van der Waals surface area (Å²) in [6.07, 6.45) is 3.56. The first-order valence-electron chi connectivity index (χ1n) is 9.33. The van der Waals surface area contributed by atoms with Crippen LogP contribution in [0.5, 0.6) is 5.75 Å². The summed E-state index contributed by atoms with van der Waals surface area (Å²) in [4.78, 5) is 17.1. The Morgan fingerprint density at radius 1 is 1.14 bits per heavy atom. The molecule has 29 heavy (non-hydrogen) atoms. The van der Waals surface area contributed by atoms with Crippen LogP contribution in [0.4, 0.5) is 4.79 Å². The molecule has 2 N–H and O–H groups in total. The summed E-state index contributed by atoms with van der Waals surface area (Å²) in [6.45, 7) is 0.899. The van der Waals surface area contributed by atoms with Crippen LogP contribution in [-0.2, 0) is 24.9 Å². The molecule has 2 amide bonds. The molecule has 2 aromatic carbocycles. The number of aromatic nitrogens is 2. The molecule has 0 bridgehead atoms. The molecule has 0 saturated carbocycles. The number of hydrogen-bond donors (Lipinski definition) is 2. The van der Waals surface area contributed by atoms with E-state index in [1.807, 2.05) is 66.3 Å². The van der Waals surface area contributed by atoms with Crippen molar-refractivity contribution in [3.05, 3.63) is 83.4 Å². The molecule has 0 radical (unpaired) electrons. The van der Waals surface area contributed by atoms with Gasteiger partial charge in [0.05, 0.1) is 13.7 Å². The first-order valence-corrected chi connectivity index (χ1v) is 9.33. The Bertz CT molecular complexity index is 954. The summed E-state index contributed by atoms with van der Waals surface area (Å²) in [5, 5.41) is 5.96. The number of benzene rings is 2. The molecule has 1 unspecified atom stereocenters. The Morgan fingerprint density at radius 3 is 2.62 bits per heavy atom. The van der Waals surface area contributed by atoms with Crippen molar-refractivity contribution >= 4 is 6.03 Å². The number of ether oxygens (including phenoxy) is 2. The summed E-state index contributed by atoms with van der Waals surface area (Å²) in [6, 6.07) is 14.8. The standard InChI is InChI=1S/C22H26N4O3/c1-26-12-11-23-21(26)20(16-9-6-10-19(13-16)29-3)25-22(27)24-14-17-7-4-5-8-18(17)15-28-2/h4-13,20H,14-15H2,1-3H3,(H2,24,25,27). The van der Waals surface area contributed by atoms with E-state index < -0.39 is 6.04 Å². The number of carbonyl (C=O) groups excluding carboxylic acids is 1. The Balaban J connectivity index is 1.76. The first-order chi connectivity index (χ1) is 14.1. The zero-order valence-corrected chi connectivity index (χ0v) is 16.9. The predicted octanol–water partition coefficient (Wildman–Crippen LogP) is 3.16. The zero-order chi connectivity index (χ0) is 20.6. The van der Waals surface area contributed by atoms with Crippen LogP contribution < -0.4 is 15.4 Å². The van der Waals surface area contributed by atoms with Crippen LogP contribution in [-0.4, -0.2) is 29.8 Å². The molecule has 0 saturated heterocycles. The average molecular weight is 394 g/mol. The Hall–Kier alpha value is -3.32. The number of nitrogens with one attached hydrogen (secondary N) is 2. The third kappa shape index (κ3) is 5.14. The highest BCUT2D eigenvalue weighted by molar-refractivity contribution is 5.75. The van der Waals surface area contributed by atoms with Crippen molar-refractivity contribution in [3.8, 4) is 5.75 Å². The molecule has 3 rings (SSSR count). The van der Waals surface area contributed by atoms with Gasteiger partial charge in [-0.3, -0.25) is 0 Å². The maximum atomic E-state index is 12.7. The first kappa shape index (κ1) is 20.4. The second-order valence-electron chi connectivity index (χ2n) is 6.63. The van der Waals surface area contributed by atoms with Gasteiger partial charge >= 0.3 is 6.03 Å². The van der Waals surface area contributed by atoms with Crippen molar-refractivity contribution in [3.63, 3.8) is 0 Å². The average Bonchev–Trinajstić information content (AvgIpc) is 3.17. The van der Waals surface area contributed by atoms with Gasteiger partial charge in [0.15, 0.2) is 0 Å². The second-order valence-corrected chi connectivity index (χ2v) is 6.63. The summed E-state index contributed by atoms with van der Waals surface area (Å²) >= 11 is 0. The molecule has 0 fully saturated rings. The van der Waals surface area contributed by atoms with E-state index in [1.165, 1.54) is 0 Å². The Kier molecular flexibility index (Phi) is 6.86.